The molecular weight excluding hydrogens is 424 g/mol. The van der Waals surface area contributed by atoms with E-state index in [0.717, 1.165) is 27.3 Å². The van der Waals surface area contributed by atoms with E-state index in [9.17, 15) is 9.59 Å². The van der Waals surface area contributed by atoms with E-state index in [1.165, 1.54) is 12.1 Å². The number of ether oxygens (including phenoxy) is 1. The second kappa shape index (κ2) is 9.36. The molecule has 1 N–H and O–H groups in total. The first kappa shape index (κ1) is 21.8. The van der Waals surface area contributed by atoms with Crippen LogP contribution in [0.15, 0.2) is 59.4 Å². The third kappa shape index (κ3) is 4.57. The molecule has 7 heteroatoms. The van der Waals surface area contributed by atoms with Gasteiger partial charge in [-0.2, -0.15) is 0 Å². The molecule has 0 unspecified atom stereocenters. The molecule has 0 saturated carbocycles. The minimum absolute atomic E-state index is 0.0340. The van der Waals surface area contributed by atoms with Gasteiger partial charge < -0.3 is 9.84 Å². The number of nitrogens with zero attached hydrogens (tertiary/aromatic N) is 2. The van der Waals surface area contributed by atoms with E-state index in [2.05, 4.69) is 6.92 Å². The van der Waals surface area contributed by atoms with E-state index < -0.39 is 5.97 Å². The average molecular weight is 449 g/mol. The molecule has 0 saturated heterocycles. The first-order chi connectivity index (χ1) is 15.5. The van der Waals surface area contributed by atoms with Gasteiger partial charge in [0.15, 0.2) is 0 Å². The van der Waals surface area contributed by atoms with Crippen LogP contribution < -0.4 is 10.3 Å². The Kier molecular flexibility index (Phi) is 6.37. The van der Waals surface area contributed by atoms with Crippen LogP contribution in [-0.4, -0.2) is 27.2 Å². The monoisotopic (exact) mass is 448 g/mol. The fourth-order valence-electron chi connectivity index (χ4n) is 3.56. The van der Waals surface area contributed by atoms with Gasteiger partial charge in [-0.05, 0) is 56.2 Å². The van der Waals surface area contributed by atoms with Crippen molar-refractivity contribution < 1.29 is 14.6 Å². The smallest absolute Gasteiger partial charge is 0.335 e. The Bertz CT molecular complexity index is 1320. The zero-order valence-electron chi connectivity index (χ0n) is 18.0. The number of hydrogen-bond donors (Lipinski definition) is 1. The molecule has 164 valence electrons. The number of fused-ring (bicyclic) bond motifs is 1. The minimum atomic E-state index is -0.970. The second-order valence-corrected chi connectivity index (χ2v) is 8.69. The third-order valence-corrected chi connectivity index (χ3v) is 6.40. The standard InChI is InChI=1S/C25H24N2O4S/c1-3-20-15-21-23(32-20)26-22(18-7-4-6-16(2)14-18)27(24(21)28)12-5-13-31-19-10-8-17(9-11-19)25(29)30/h4,6-11,14-15H,3,5,12-13H2,1-2H3,(H,29,30). The molecule has 6 nitrogen and oxygen atoms in total. The van der Waals surface area contributed by atoms with Gasteiger partial charge in [0.1, 0.15) is 16.4 Å². The molecule has 0 spiro atoms. The van der Waals surface area contributed by atoms with Crippen molar-refractivity contribution in [2.45, 2.75) is 33.2 Å². The van der Waals surface area contributed by atoms with Gasteiger partial charge in [0, 0.05) is 17.0 Å². The highest BCUT2D eigenvalue weighted by molar-refractivity contribution is 7.18. The molecule has 2 aromatic carbocycles. The van der Waals surface area contributed by atoms with Gasteiger partial charge in [0.2, 0.25) is 0 Å². The summed E-state index contributed by atoms with van der Waals surface area (Å²) in [4.78, 5) is 31.1. The van der Waals surface area contributed by atoms with Gasteiger partial charge >= 0.3 is 5.97 Å². The Labute approximate surface area is 189 Å². The Morgan fingerprint density at radius 3 is 2.62 bits per heavy atom. The Hall–Kier alpha value is -3.45. The normalized spacial score (nSPS) is 11.1. The molecule has 2 aromatic heterocycles. The summed E-state index contributed by atoms with van der Waals surface area (Å²) in [6.07, 6.45) is 1.48. The molecule has 2 heterocycles. The van der Waals surface area contributed by atoms with E-state index in [1.807, 2.05) is 37.3 Å². The van der Waals surface area contributed by atoms with E-state index >= 15 is 0 Å². The number of benzene rings is 2. The summed E-state index contributed by atoms with van der Waals surface area (Å²) < 4.78 is 7.49. The van der Waals surface area contributed by atoms with Gasteiger partial charge in [-0.15, -0.1) is 11.3 Å². The van der Waals surface area contributed by atoms with Crippen LogP contribution in [0, 0.1) is 6.92 Å². The first-order valence-electron chi connectivity index (χ1n) is 10.5. The van der Waals surface area contributed by atoms with Crippen molar-refractivity contribution in [3.05, 3.63) is 81.0 Å². The number of aromatic nitrogens is 2. The summed E-state index contributed by atoms with van der Waals surface area (Å²) in [6.45, 7) is 4.96. The fraction of sp³-hybridized carbons (Fsp3) is 0.240. The van der Waals surface area contributed by atoms with Gasteiger partial charge in [-0.1, -0.05) is 30.7 Å². The van der Waals surface area contributed by atoms with Gasteiger partial charge in [0.25, 0.3) is 5.56 Å². The number of aryl methyl sites for hydroxylation is 2. The highest BCUT2D eigenvalue weighted by Crippen LogP contribution is 2.26. The molecule has 0 fully saturated rings. The van der Waals surface area contributed by atoms with Crippen LogP contribution in [0.5, 0.6) is 5.75 Å². The molecule has 4 rings (SSSR count). The number of hydrogen-bond acceptors (Lipinski definition) is 5. The van der Waals surface area contributed by atoms with E-state index in [-0.39, 0.29) is 11.1 Å². The van der Waals surface area contributed by atoms with Crippen LogP contribution in [0.2, 0.25) is 0 Å². The topological polar surface area (TPSA) is 81.4 Å². The highest BCUT2D eigenvalue weighted by atomic mass is 32.1. The fourth-order valence-corrected chi connectivity index (χ4v) is 4.52. The molecule has 0 aliphatic carbocycles. The number of carbonyl (C=O) groups is 1. The third-order valence-electron chi connectivity index (χ3n) is 5.22. The Balaban J connectivity index is 1.58. The van der Waals surface area contributed by atoms with E-state index in [4.69, 9.17) is 14.8 Å². The minimum Gasteiger partial charge on any atom is -0.494 e. The number of aromatic carboxylic acids is 1. The summed E-state index contributed by atoms with van der Waals surface area (Å²) in [7, 11) is 0. The molecule has 0 bridgehead atoms. The second-order valence-electron chi connectivity index (χ2n) is 7.58. The lowest BCUT2D eigenvalue weighted by molar-refractivity contribution is 0.0697. The highest BCUT2D eigenvalue weighted by Gasteiger charge is 2.15. The zero-order chi connectivity index (χ0) is 22.7. The first-order valence-corrected chi connectivity index (χ1v) is 11.3. The maximum absolute atomic E-state index is 13.3. The van der Waals surface area contributed by atoms with Crippen LogP contribution in [0.1, 0.15) is 34.1 Å². The molecular formula is C25H24N2O4S. The predicted octanol–water partition coefficient (Wildman–Crippen LogP) is 5.16. The molecule has 0 aliphatic heterocycles. The number of thiophene rings is 1. The summed E-state index contributed by atoms with van der Waals surface area (Å²) in [6, 6.07) is 16.3. The average Bonchev–Trinajstić information content (AvgIpc) is 3.22. The maximum Gasteiger partial charge on any atom is 0.335 e. The zero-order valence-corrected chi connectivity index (χ0v) is 18.8. The lowest BCUT2D eigenvalue weighted by Crippen LogP contribution is -2.24. The lowest BCUT2D eigenvalue weighted by Gasteiger charge is -2.13. The summed E-state index contributed by atoms with van der Waals surface area (Å²) in [5.74, 6) is 0.295. The van der Waals surface area contributed by atoms with Crippen molar-refractivity contribution in [2.75, 3.05) is 6.61 Å². The van der Waals surface area contributed by atoms with Crippen molar-refractivity contribution in [3.8, 4) is 17.1 Å². The van der Waals surface area contributed by atoms with Gasteiger partial charge in [-0.25, -0.2) is 9.78 Å². The molecule has 32 heavy (non-hydrogen) atoms. The predicted molar refractivity (Wildman–Crippen MR) is 127 cm³/mol. The number of rotatable bonds is 8. The number of carboxylic acids is 1. The molecule has 4 aromatic rings. The van der Waals surface area contributed by atoms with Gasteiger partial charge in [-0.3, -0.25) is 9.36 Å². The maximum atomic E-state index is 13.3. The van der Waals surface area contributed by atoms with Crippen molar-refractivity contribution in [1.82, 2.24) is 9.55 Å². The van der Waals surface area contributed by atoms with Crippen LogP contribution in [0.4, 0.5) is 0 Å². The van der Waals surface area contributed by atoms with Crippen LogP contribution in [0.3, 0.4) is 0 Å². The molecule has 0 atom stereocenters. The van der Waals surface area contributed by atoms with E-state index in [1.54, 1.807) is 28.0 Å². The molecule has 0 amide bonds. The van der Waals surface area contributed by atoms with Gasteiger partial charge in [0.05, 0.1) is 17.6 Å². The van der Waals surface area contributed by atoms with Crippen LogP contribution in [0.25, 0.3) is 21.6 Å². The molecule has 0 radical (unpaired) electrons. The van der Waals surface area contributed by atoms with Crippen molar-refractivity contribution in [2.24, 2.45) is 0 Å². The van der Waals surface area contributed by atoms with Crippen molar-refractivity contribution in [1.29, 1.82) is 0 Å². The largest absolute Gasteiger partial charge is 0.494 e. The number of carboxylic acid groups (broad SMARTS) is 1. The Morgan fingerprint density at radius 2 is 1.94 bits per heavy atom. The quantitative estimate of drug-likeness (QED) is 0.377. The van der Waals surface area contributed by atoms with Crippen molar-refractivity contribution in [3.63, 3.8) is 0 Å². The molecule has 0 aliphatic rings. The van der Waals surface area contributed by atoms with Crippen molar-refractivity contribution >= 4 is 27.5 Å². The lowest BCUT2D eigenvalue weighted by atomic mass is 10.1. The summed E-state index contributed by atoms with van der Waals surface area (Å²) in [5, 5.41) is 9.65. The SMILES string of the molecule is CCc1cc2c(=O)n(CCCOc3ccc(C(=O)O)cc3)c(-c3cccc(C)c3)nc2s1. The summed E-state index contributed by atoms with van der Waals surface area (Å²) >= 11 is 1.57. The van der Waals surface area contributed by atoms with Crippen LogP contribution in [-0.2, 0) is 13.0 Å². The van der Waals surface area contributed by atoms with Crippen LogP contribution >= 0.6 is 11.3 Å². The van der Waals surface area contributed by atoms with E-state index in [0.29, 0.717) is 36.5 Å². The Morgan fingerprint density at radius 1 is 1.16 bits per heavy atom. The summed E-state index contributed by atoms with van der Waals surface area (Å²) in [5.41, 5.74) is 2.21.